The number of hydrogen-bond donors (Lipinski definition) is 2. The van der Waals surface area contributed by atoms with E-state index in [2.05, 4.69) is 31.6 Å². The van der Waals surface area contributed by atoms with Gasteiger partial charge in [-0.25, -0.2) is 9.97 Å². The molecular weight excluding hydrogens is 545 g/mol. The van der Waals surface area contributed by atoms with Gasteiger partial charge in [0, 0.05) is 61.2 Å². The van der Waals surface area contributed by atoms with Crippen LogP contribution in [0.1, 0.15) is 17.8 Å². The highest BCUT2D eigenvalue weighted by atomic mass is 32.1. The Kier molecular flexibility index (Phi) is 7.61. The van der Waals surface area contributed by atoms with E-state index in [1.807, 2.05) is 33.4 Å². The largest absolute Gasteiger partial charge is 0.384 e. The number of likely N-dealkylation sites (tertiary alicyclic amines) is 1. The van der Waals surface area contributed by atoms with Crippen molar-refractivity contribution >= 4 is 45.3 Å². The fraction of sp³-hybridized carbons (Fsp3) is 0.345. The molecule has 212 valence electrons. The molecule has 2 aliphatic heterocycles. The summed E-state index contributed by atoms with van der Waals surface area (Å²) in [5, 5.41) is 14.2. The molecule has 0 unspecified atom stereocenters. The van der Waals surface area contributed by atoms with Crippen molar-refractivity contribution in [1.29, 1.82) is 0 Å². The van der Waals surface area contributed by atoms with E-state index in [1.165, 1.54) is 17.8 Å². The molecule has 1 aromatic carbocycles. The summed E-state index contributed by atoms with van der Waals surface area (Å²) in [5.74, 6) is -0.664. The molecule has 41 heavy (non-hydrogen) atoms. The van der Waals surface area contributed by atoms with Crippen molar-refractivity contribution in [2.24, 2.45) is 5.41 Å². The number of amides is 2. The summed E-state index contributed by atoms with van der Waals surface area (Å²) in [6, 6.07) is 8.40. The minimum Gasteiger partial charge on any atom is -0.384 e. The van der Waals surface area contributed by atoms with Gasteiger partial charge in [0.25, 0.3) is 0 Å². The number of anilines is 1. The van der Waals surface area contributed by atoms with E-state index in [0.717, 1.165) is 22.3 Å². The minimum absolute atomic E-state index is 0.0567. The number of ether oxygens (including phenoxy) is 1. The van der Waals surface area contributed by atoms with Crippen LogP contribution in [0.15, 0.2) is 54.2 Å². The zero-order valence-corrected chi connectivity index (χ0v) is 23.4. The maximum atomic E-state index is 13.7. The number of nitrogens with zero attached hydrogens (tertiary/aromatic N) is 5. The van der Waals surface area contributed by atoms with Gasteiger partial charge in [-0.15, -0.1) is 11.3 Å². The molecule has 3 aromatic heterocycles. The lowest BCUT2D eigenvalue weighted by Crippen LogP contribution is -2.45. The lowest BCUT2D eigenvalue weighted by molar-refractivity contribution is -0.133. The van der Waals surface area contributed by atoms with Gasteiger partial charge in [0.05, 0.1) is 24.1 Å². The number of thiazole rings is 1. The number of aromatic amines is 1. The predicted molar refractivity (Wildman–Crippen MR) is 155 cm³/mol. The Bertz CT molecular complexity index is 1590. The summed E-state index contributed by atoms with van der Waals surface area (Å²) in [4.78, 5) is 38.8. The fourth-order valence-corrected chi connectivity index (χ4v) is 6.30. The fourth-order valence-electron chi connectivity index (χ4n) is 5.59. The smallest absolute Gasteiger partial charge is 0.237 e. The third-order valence-corrected chi connectivity index (χ3v) is 8.63. The number of benzene rings is 1. The summed E-state index contributed by atoms with van der Waals surface area (Å²) < 4.78 is 18.8. The predicted octanol–water partition coefficient (Wildman–Crippen LogP) is 3.81. The molecule has 1 atom stereocenters. The molecule has 1 saturated heterocycles. The third-order valence-electron chi connectivity index (χ3n) is 7.78. The summed E-state index contributed by atoms with van der Waals surface area (Å²) in [5.41, 5.74) is 3.08. The molecule has 0 radical (unpaired) electrons. The minimum atomic E-state index is -0.788. The van der Waals surface area contributed by atoms with Crippen molar-refractivity contribution in [3.63, 3.8) is 0 Å². The number of aromatic nitrogens is 4. The van der Waals surface area contributed by atoms with Crippen LogP contribution in [0.5, 0.6) is 0 Å². The molecule has 0 aliphatic carbocycles. The van der Waals surface area contributed by atoms with Gasteiger partial charge < -0.3 is 15.0 Å². The molecule has 2 amide bonds. The van der Waals surface area contributed by atoms with E-state index >= 15 is 0 Å². The number of carbonyl (C=O) groups excluding carboxylic acids is 2. The first-order valence-electron chi connectivity index (χ1n) is 13.4. The standard InChI is InChI=1S/C29H30FN7O3S/c1-40-18-29(8-12-36(17-29)16-25(38)37-10-6-19(7-11-37)27-31-9-13-41-27)28(39)33-21-3-4-23-22(14-21)26(35-34-23)20-2-5-24(30)32-15-20/h2-6,9,13-15H,7-8,10-12,16-18H2,1H3,(H,33,39)(H,34,35)/t29-/m1/s1. The van der Waals surface area contributed by atoms with Crippen LogP contribution in [0.2, 0.25) is 0 Å². The number of hydrogen-bond acceptors (Lipinski definition) is 8. The number of pyridine rings is 1. The number of fused-ring (bicyclic) bond motifs is 1. The molecule has 2 aliphatic rings. The van der Waals surface area contributed by atoms with E-state index in [4.69, 9.17) is 4.74 Å². The van der Waals surface area contributed by atoms with Gasteiger partial charge in [0.15, 0.2) is 0 Å². The van der Waals surface area contributed by atoms with Gasteiger partial charge in [-0.1, -0.05) is 6.08 Å². The van der Waals surface area contributed by atoms with Gasteiger partial charge in [0.1, 0.15) is 10.7 Å². The molecule has 0 saturated carbocycles. The van der Waals surface area contributed by atoms with Crippen LogP contribution in [-0.2, 0) is 14.3 Å². The van der Waals surface area contributed by atoms with Crippen LogP contribution in [0.4, 0.5) is 10.1 Å². The van der Waals surface area contributed by atoms with Crippen LogP contribution in [-0.4, -0.2) is 88.2 Å². The molecule has 1 fully saturated rings. The quantitative estimate of drug-likeness (QED) is 0.307. The average Bonchev–Trinajstić information content (AvgIpc) is 3.75. The molecular formula is C29H30FN7O3S. The summed E-state index contributed by atoms with van der Waals surface area (Å²) in [6.45, 7) is 2.78. The Balaban J connectivity index is 1.12. The van der Waals surface area contributed by atoms with E-state index < -0.39 is 11.4 Å². The van der Waals surface area contributed by atoms with Gasteiger partial charge in [0.2, 0.25) is 17.8 Å². The summed E-state index contributed by atoms with van der Waals surface area (Å²) in [7, 11) is 1.59. The average molecular weight is 576 g/mol. The number of rotatable bonds is 8. The lowest BCUT2D eigenvalue weighted by atomic mass is 9.87. The second kappa shape index (κ2) is 11.5. The Morgan fingerprint density at radius 2 is 2.12 bits per heavy atom. The monoisotopic (exact) mass is 575 g/mol. The van der Waals surface area contributed by atoms with E-state index in [1.54, 1.807) is 30.7 Å². The van der Waals surface area contributed by atoms with Crippen LogP contribution in [0, 0.1) is 11.4 Å². The van der Waals surface area contributed by atoms with E-state index in [-0.39, 0.29) is 25.0 Å². The molecule has 10 nitrogen and oxygen atoms in total. The Morgan fingerprint density at radius 3 is 2.85 bits per heavy atom. The van der Waals surface area contributed by atoms with Gasteiger partial charge >= 0.3 is 0 Å². The van der Waals surface area contributed by atoms with Crippen molar-refractivity contribution < 1.29 is 18.7 Å². The van der Waals surface area contributed by atoms with Crippen LogP contribution in [0.3, 0.4) is 0 Å². The number of H-pyrrole nitrogens is 1. The molecule has 0 bridgehead atoms. The SMILES string of the molecule is COC[C@@]1(C(=O)Nc2ccc3[nH]nc(-c4ccc(F)nc4)c3c2)CCN(CC(=O)N2CC=C(c3nccs3)CC2)C1. The second-order valence-electron chi connectivity index (χ2n) is 10.5. The molecule has 2 N–H and O–H groups in total. The first-order chi connectivity index (χ1) is 19.9. The maximum Gasteiger partial charge on any atom is 0.237 e. The number of nitrogens with one attached hydrogen (secondary N) is 2. The Morgan fingerprint density at radius 1 is 1.22 bits per heavy atom. The highest BCUT2D eigenvalue weighted by Gasteiger charge is 2.45. The Hall–Kier alpha value is -4.00. The highest BCUT2D eigenvalue weighted by molar-refractivity contribution is 7.10. The normalized spacial score (nSPS) is 19.5. The zero-order valence-electron chi connectivity index (χ0n) is 22.6. The molecule has 12 heteroatoms. The third kappa shape index (κ3) is 5.63. The van der Waals surface area contributed by atoms with Crippen LogP contribution in [0.25, 0.3) is 27.7 Å². The number of halogens is 1. The second-order valence-corrected chi connectivity index (χ2v) is 11.4. The van der Waals surface area contributed by atoms with Gasteiger partial charge in [-0.3, -0.25) is 19.6 Å². The van der Waals surface area contributed by atoms with E-state index in [9.17, 15) is 14.0 Å². The van der Waals surface area contributed by atoms with Gasteiger partial charge in [-0.2, -0.15) is 9.49 Å². The van der Waals surface area contributed by atoms with Crippen LogP contribution >= 0.6 is 11.3 Å². The molecule has 6 rings (SSSR count). The van der Waals surface area contributed by atoms with Gasteiger partial charge in [-0.05, 0) is 55.3 Å². The number of carbonyl (C=O) groups is 2. The number of methoxy groups -OCH3 is 1. The van der Waals surface area contributed by atoms with Crippen molar-refractivity contribution in [3.8, 4) is 11.3 Å². The summed E-state index contributed by atoms with van der Waals surface area (Å²) in [6.07, 6.45) is 6.68. The van der Waals surface area contributed by atoms with Crippen molar-refractivity contribution in [2.45, 2.75) is 12.8 Å². The molecule has 5 heterocycles. The maximum absolute atomic E-state index is 13.7. The molecule has 4 aromatic rings. The lowest BCUT2D eigenvalue weighted by Gasteiger charge is -2.29. The zero-order chi connectivity index (χ0) is 28.4. The highest BCUT2D eigenvalue weighted by Crippen LogP contribution is 2.34. The first kappa shape index (κ1) is 27.2. The topological polar surface area (TPSA) is 116 Å². The summed E-state index contributed by atoms with van der Waals surface area (Å²) >= 11 is 1.61. The van der Waals surface area contributed by atoms with Crippen molar-refractivity contribution in [2.75, 3.05) is 51.8 Å². The first-order valence-corrected chi connectivity index (χ1v) is 14.3. The van der Waals surface area contributed by atoms with E-state index in [0.29, 0.717) is 49.5 Å². The molecule has 0 spiro atoms. The van der Waals surface area contributed by atoms with Crippen molar-refractivity contribution in [1.82, 2.24) is 30.0 Å². The Labute approximate surface area is 240 Å². The van der Waals surface area contributed by atoms with Crippen molar-refractivity contribution in [3.05, 3.63) is 65.1 Å². The van der Waals surface area contributed by atoms with Crippen LogP contribution < -0.4 is 5.32 Å².